The van der Waals surface area contributed by atoms with Crippen LogP contribution < -0.4 is 10.2 Å². The number of para-hydroxylation sites is 1. The summed E-state index contributed by atoms with van der Waals surface area (Å²) in [4.78, 5) is 24.5. The molecule has 1 aliphatic carbocycles. The van der Waals surface area contributed by atoms with E-state index in [2.05, 4.69) is 20.2 Å². The summed E-state index contributed by atoms with van der Waals surface area (Å²) in [6.45, 7) is 1.89. The molecule has 5 rings (SSSR count). The quantitative estimate of drug-likeness (QED) is 0.258. The van der Waals surface area contributed by atoms with Gasteiger partial charge in [-0.3, -0.25) is 4.79 Å². The van der Waals surface area contributed by atoms with Crippen molar-refractivity contribution in [2.45, 2.75) is 56.9 Å². The van der Waals surface area contributed by atoms with Gasteiger partial charge < -0.3 is 10.2 Å². The molecular formula is C29H28F6N4O. The third-order valence-corrected chi connectivity index (χ3v) is 7.51. The number of alkyl halides is 6. The first kappa shape index (κ1) is 27.9. The van der Waals surface area contributed by atoms with Gasteiger partial charge in [0.15, 0.2) is 5.82 Å². The predicted molar refractivity (Wildman–Crippen MR) is 141 cm³/mol. The van der Waals surface area contributed by atoms with Crippen molar-refractivity contribution < 1.29 is 31.1 Å². The number of hydrogen-bond acceptors (Lipinski definition) is 4. The van der Waals surface area contributed by atoms with E-state index in [0.717, 1.165) is 55.4 Å². The zero-order valence-corrected chi connectivity index (χ0v) is 21.5. The Morgan fingerprint density at radius 1 is 0.900 bits per heavy atom. The topological polar surface area (TPSA) is 57.6 Å². The number of carbonyl (C=O) groups excluding carboxylic acids is 1. The highest BCUT2D eigenvalue weighted by atomic mass is 19.4. The Kier molecular flexibility index (Phi) is 7.74. The second-order valence-corrected chi connectivity index (χ2v) is 10.3. The number of fused-ring (bicyclic) bond motifs is 1. The minimum Gasteiger partial charge on any atom is -0.371 e. The van der Waals surface area contributed by atoms with Crippen molar-refractivity contribution in [3.63, 3.8) is 0 Å². The molecule has 212 valence electrons. The van der Waals surface area contributed by atoms with Crippen molar-refractivity contribution in [2.24, 2.45) is 10.9 Å². The van der Waals surface area contributed by atoms with Crippen LogP contribution in [0.15, 0.2) is 53.5 Å². The summed E-state index contributed by atoms with van der Waals surface area (Å²) in [7, 11) is 0. The molecule has 1 aliphatic heterocycles. The highest BCUT2D eigenvalue weighted by Crippen LogP contribution is 2.37. The SMILES string of the molecule is O=C(NC1CCCCC1C=Nc1cc(N2CCCC2)c2ccccc2n1)c1cc(C(F)(F)F)cc(C(F)(F)F)c1. The molecule has 2 heterocycles. The van der Waals surface area contributed by atoms with Crippen LogP contribution in [0.1, 0.15) is 60.0 Å². The molecule has 2 aliphatic rings. The summed E-state index contributed by atoms with van der Waals surface area (Å²) in [5.74, 6) is -0.736. The van der Waals surface area contributed by atoms with Crippen molar-refractivity contribution in [3.8, 4) is 0 Å². The minimum absolute atomic E-state index is 0.0137. The monoisotopic (exact) mass is 562 g/mol. The molecule has 40 heavy (non-hydrogen) atoms. The van der Waals surface area contributed by atoms with Gasteiger partial charge in [0.25, 0.3) is 5.91 Å². The van der Waals surface area contributed by atoms with Crippen LogP contribution in [0.4, 0.5) is 37.8 Å². The number of amides is 1. The van der Waals surface area contributed by atoms with Gasteiger partial charge in [-0.1, -0.05) is 31.0 Å². The molecule has 1 saturated carbocycles. The summed E-state index contributed by atoms with van der Waals surface area (Å²) in [5, 5.41) is 3.70. The largest absolute Gasteiger partial charge is 0.416 e. The molecule has 2 fully saturated rings. The number of hydrogen-bond donors (Lipinski definition) is 1. The Balaban J connectivity index is 1.39. The maximum atomic E-state index is 13.3. The molecule has 1 amide bonds. The van der Waals surface area contributed by atoms with Gasteiger partial charge in [0, 0.05) is 54.0 Å². The van der Waals surface area contributed by atoms with Crippen LogP contribution >= 0.6 is 0 Å². The van der Waals surface area contributed by atoms with Gasteiger partial charge in [-0.25, -0.2) is 9.98 Å². The van der Waals surface area contributed by atoms with Gasteiger partial charge in [-0.05, 0) is 49.9 Å². The third-order valence-electron chi connectivity index (χ3n) is 7.51. The van der Waals surface area contributed by atoms with Crippen LogP contribution in [-0.2, 0) is 12.4 Å². The fraction of sp³-hybridized carbons (Fsp3) is 0.414. The highest BCUT2D eigenvalue weighted by Gasteiger charge is 2.38. The van der Waals surface area contributed by atoms with Gasteiger partial charge in [0.05, 0.1) is 16.6 Å². The van der Waals surface area contributed by atoms with Gasteiger partial charge in [-0.2, -0.15) is 26.3 Å². The van der Waals surface area contributed by atoms with E-state index in [9.17, 15) is 31.1 Å². The van der Waals surface area contributed by atoms with Crippen molar-refractivity contribution in [1.82, 2.24) is 10.3 Å². The molecule has 0 spiro atoms. The number of nitrogens with zero attached hydrogens (tertiary/aromatic N) is 3. The first-order valence-electron chi connectivity index (χ1n) is 13.3. The Bertz CT molecular complexity index is 1380. The first-order valence-corrected chi connectivity index (χ1v) is 13.3. The molecule has 1 saturated heterocycles. The molecule has 2 aromatic carbocycles. The number of rotatable bonds is 5. The summed E-state index contributed by atoms with van der Waals surface area (Å²) in [6, 6.07) is 10.2. The summed E-state index contributed by atoms with van der Waals surface area (Å²) >= 11 is 0. The van der Waals surface area contributed by atoms with Crippen LogP contribution in [0.25, 0.3) is 10.9 Å². The van der Waals surface area contributed by atoms with Crippen molar-refractivity contribution in [3.05, 3.63) is 65.2 Å². The lowest BCUT2D eigenvalue weighted by Crippen LogP contribution is -2.42. The Hall–Kier alpha value is -3.63. The normalized spacial score (nSPS) is 20.4. The maximum absolute atomic E-state index is 13.3. The Morgan fingerprint density at radius 3 is 2.23 bits per heavy atom. The van der Waals surface area contributed by atoms with E-state index in [0.29, 0.717) is 30.8 Å². The van der Waals surface area contributed by atoms with Crippen LogP contribution in [0, 0.1) is 5.92 Å². The Labute approximate surface area is 227 Å². The van der Waals surface area contributed by atoms with E-state index < -0.39 is 41.0 Å². The number of carbonyl (C=O) groups is 1. The average molecular weight is 563 g/mol. The molecule has 1 aromatic heterocycles. The predicted octanol–water partition coefficient (Wildman–Crippen LogP) is 7.56. The van der Waals surface area contributed by atoms with Gasteiger partial charge in [0.2, 0.25) is 0 Å². The zero-order chi connectivity index (χ0) is 28.5. The lowest BCUT2D eigenvalue weighted by Gasteiger charge is -2.30. The third kappa shape index (κ3) is 6.23. The molecule has 11 heteroatoms. The van der Waals surface area contributed by atoms with Crippen molar-refractivity contribution in [2.75, 3.05) is 18.0 Å². The smallest absolute Gasteiger partial charge is 0.371 e. The molecule has 3 aromatic rings. The van der Waals surface area contributed by atoms with E-state index in [4.69, 9.17) is 0 Å². The van der Waals surface area contributed by atoms with E-state index >= 15 is 0 Å². The number of aliphatic imine (C=N–C) groups is 1. The number of pyridine rings is 1. The molecule has 0 bridgehead atoms. The van der Waals surface area contributed by atoms with Gasteiger partial charge in [-0.15, -0.1) is 0 Å². The van der Waals surface area contributed by atoms with Gasteiger partial charge >= 0.3 is 12.4 Å². The first-order chi connectivity index (χ1) is 19.0. The van der Waals surface area contributed by atoms with E-state index in [-0.39, 0.29) is 12.0 Å². The van der Waals surface area contributed by atoms with Crippen LogP contribution in [0.2, 0.25) is 0 Å². The summed E-state index contributed by atoms with van der Waals surface area (Å²) in [5.41, 5.74) is -1.88. The highest BCUT2D eigenvalue weighted by molar-refractivity contribution is 5.95. The van der Waals surface area contributed by atoms with Crippen LogP contribution in [0.3, 0.4) is 0 Å². The van der Waals surface area contributed by atoms with Crippen molar-refractivity contribution in [1.29, 1.82) is 0 Å². The molecule has 0 radical (unpaired) electrons. The molecule has 2 atom stereocenters. The average Bonchev–Trinajstić information content (AvgIpc) is 3.46. The second-order valence-electron chi connectivity index (χ2n) is 10.3. The lowest BCUT2D eigenvalue weighted by molar-refractivity contribution is -0.143. The van der Waals surface area contributed by atoms with Crippen LogP contribution in [0.5, 0.6) is 0 Å². The fourth-order valence-corrected chi connectivity index (χ4v) is 5.46. The molecule has 2 unspecified atom stereocenters. The number of halogens is 6. The van der Waals surface area contributed by atoms with E-state index in [1.807, 2.05) is 30.3 Å². The fourth-order valence-electron chi connectivity index (χ4n) is 5.46. The number of nitrogens with one attached hydrogen (secondary N) is 1. The van der Waals surface area contributed by atoms with E-state index in [1.54, 1.807) is 6.21 Å². The second kappa shape index (κ2) is 11.1. The van der Waals surface area contributed by atoms with Gasteiger partial charge in [0.1, 0.15) is 0 Å². The number of anilines is 1. The maximum Gasteiger partial charge on any atom is 0.416 e. The molecule has 1 N–H and O–H groups in total. The standard InChI is InChI=1S/C29H28F6N4O/c30-28(31,32)20-13-19(14-21(15-20)29(33,34)35)27(40)38-23-9-3-1-7-18(23)17-36-26-16-25(39-11-5-6-12-39)22-8-2-4-10-24(22)37-26/h2,4,8,10,13-18,23H,1,3,5-7,9,11-12H2,(H,38,40). The molecule has 5 nitrogen and oxygen atoms in total. The minimum atomic E-state index is -5.03. The summed E-state index contributed by atoms with van der Waals surface area (Å²) in [6.07, 6.45) is -3.34. The van der Waals surface area contributed by atoms with Crippen molar-refractivity contribution >= 4 is 34.5 Å². The van der Waals surface area contributed by atoms with Crippen LogP contribution in [-0.4, -0.2) is 36.2 Å². The number of aromatic nitrogens is 1. The zero-order valence-electron chi connectivity index (χ0n) is 21.5. The lowest BCUT2D eigenvalue weighted by atomic mass is 9.85. The molecular weight excluding hydrogens is 534 g/mol. The number of benzene rings is 2. The Morgan fingerprint density at radius 2 is 1.55 bits per heavy atom. The summed E-state index contributed by atoms with van der Waals surface area (Å²) < 4.78 is 79.7. The van der Waals surface area contributed by atoms with E-state index in [1.165, 1.54) is 0 Å².